The normalized spacial score (nSPS) is 15.5. The number of nitrogens with zero attached hydrogens (tertiary/aromatic N) is 1. The lowest BCUT2D eigenvalue weighted by atomic mass is 10.1. The van der Waals surface area contributed by atoms with Crippen molar-refractivity contribution < 1.29 is 4.79 Å². The molecule has 1 fully saturated rings. The Balaban J connectivity index is 1.61. The number of fused-ring (bicyclic) bond motifs is 1. The molecule has 0 spiro atoms. The lowest BCUT2D eigenvalue weighted by molar-refractivity contribution is -0.119. The number of benzene rings is 1. The highest BCUT2D eigenvalue weighted by atomic mass is 32.1. The third kappa shape index (κ3) is 2.41. The van der Waals surface area contributed by atoms with Gasteiger partial charge in [-0.3, -0.25) is 9.89 Å². The van der Waals surface area contributed by atoms with Gasteiger partial charge < -0.3 is 5.32 Å². The lowest BCUT2D eigenvalue weighted by Gasteiger charge is -2.08. The maximum atomic E-state index is 12.2. The number of carbonyl (C=O) groups is 1. The number of carbonyl (C=O) groups excluding carboxylic acids is 1. The number of nitrogens with one attached hydrogen (secondary N) is 2. The van der Waals surface area contributed by atoms with E-state index in [1.165, 1.54) is 10.4 Å². The van der Waals surface area contributed by atoms with E-state index in [0.717, 1.165) is 36.6 Å². The van der Waals surface area contributed by atoms with Crippen LogP contribution < -0.4 is 5.32 Å². The largest absolute Gasteiger partial charge is 0.308 e. The van der Waals surface area contributed by atoms with E-state index >= 15 is 0 Å². The fraction of sp³-hybridized carbons (Fsp3) is 0.294. The van der Waals surface area contributed by atoms with Crippen molar-refractivity contribution in [2.24, 2.45) is 5.92 Å². The molecule has 0 bridgehead atoms. The first kappa shape index (κ1) is 13.5. The second-order valence-electron chi connectivity index (χ2n) is 5.78. The molecule has 0 radical (unpaired) electrons. The predicted molar refractivity (Wildman–Crippen MR) is 90.0 cm³/mol. The quantitative estimate of drug-likeness (QED) is 0.752. The minimum absolute atomic E-state index is 0.105. The minimum Gasteiger partial charge on any atom is -0.308 e. The number of H-pyrrole nitrogens is 1. The van der Waals surface area contributed by atoms with E-state index < -0.39 is 0 Å². The molecule has 4 nitrogen and oxygen atoms in total. The van der Waals surface area contributed by atoms with Crippen LogP contribution in [-0.2, 0) is 4.79 Å². The van der Waals surface area contributed by atoms with Gasteiger partial charge >= 0.3 is 0 Å². The summed E-state index contributed by atoms with van der Waals surface area (Å²) in [6.07, 6.45) is 4.31. The molecule has 0 unspecified atom stereocenters. The van der Waals surface area contributed by atoms with E-state index in [1.54, 1.807) is 11.3 Å². The lowest BCUT2D eigenvalue weighted by Crippen LogP contribution is -2.20. The molecule has 2 heterocycles. The number of rotatable bonds is 3. The Bertz CT molecular complexity index is 801. The number of aromatic amines is 1. The van der Waals surface area contributed by atoms with Crippen molar-refractivity contribution in [3.8, 4) is 10.4 Å². The van der Waals surface area contributed by atoms with Crippen molar-refractivity contribution in [1.82, 2.24) is 10.2 Å². The molecule has 0 aliphatic heterocycles. The molecule has 112 valence electrons. The summed E-state index contributed by atoms with van der Waals surface area (Å²) in [5.74, 6) is 0.898. The third-order valence-electron chi connectivity index (χ3n) is 4.34. The molecule has 1 aromatic carbocycles. The van der Waals surface area contributed by atoms with Crippen LogP contribution in [0.25, 0.3) is 21.3 Å². The Morgan fingerprint density at radius 3 is 2.91 bits per heavy atom. The zero-order chi connectivity index (χ0) is 14.9. The van der Waals surface area contributed by atoms with Gasteiger partial charge in [0.15, 0.2) is 5.82 Å². The van der Waals surface area contributed by atoms with Gasteiger partial charge in [0.2, 0.25) is 5.91 Å². The molecule has 0 saturated heterocycles. The van der Waals surface area contributed by atoms with Gasteiger partial charge in [0.05, 0.1) is 5.52 Å². The molecule has 22 heavy (non-hydrogen) atoms. The summed E-state index contributed by atoms with van der Waals surface area (Å²) in [6.45, 7) is 0. The summed E-state index contributed by atoms with van der Waals surface area (Å²) in [5.41, 5.74) is 2.12. The van der Waals surface area contributed by atoms with Gasteiger partial charge in [-0.1, -0.05) is 25.0 Å². The first-order chi connectivity index (χ1) is 10.8. The molecule has 1 saturated carbocycles. The van der Waals surface area contributed by atoms with Crippen molar-refractivity contribution in [1.29, 1.82) is 0 Å². The highest BCUT2D eigenvalue weighted by Gasteiger charge is 2.23. The van der Waals surface area contributed by atoms with E-state index in [9.17, 15) is 4.79 Å². The minimum atomic E-state index is 0.105. The molecule has 2 aromatic heterocycles. The molecule has 3 aromatic rings. The Hall–Kier alpha value is -2.14. The average molecular weight is 311 g/mol. The first-order valence-electron chi connectivity index (χ1n) is 7.64. The van der Waals surface area contributed by atoms with Crippen LogP contribution in [0, 0.1) is 5.92 Å². The monoisotopic (exact) mass is 311 g/mol. The van der Waals surface area contributed by atoms with E-state index in [0.29, 0.717) is 5.82 Å². The molecule has 4 rings (SSSR count). The maximum absolute atomic E-state index is 12.2. The zero-order valence-corrected chi connectivity index (χ0v) is 13.0. The summed E-state index contributed by atoms with van der Waals surface area (Å²) < 4.78 is 0. The zero-order valence-electron chi connectivity index (χ0n) is 12.1. The summed E-state index contributed by atoms with van der Waals surface area (Å²) in [6, 6.07) is 10.3. The molecule has 1 aliphatic rings. The van der Waals surface area contributed by atoms with Crippen LogP contribution in [0.5, 0.6) is 0 Å². The van der Waals surface area contributed by atoms with Gasteiger partial charge in [-0.05, 0) is 42.0 Å². The van der Waals surface area contributed by atoms with Gasteiger partial charge in [-0.15, -0.1) is 11.3 Å². The molecular formula is C17H17N3OS. The number of hydrogen-bond donors (Lipinski definition) is 2. The SMILES string of the molecule is O=C(Nc1n[nH]c2cc(-c3cccs3)ccc12)C1CCCC1. The van der Waals surface area contributed by atoms with Crippen molar-refractivity contribution in [2.75, 3.05) is 5.32 Å². The maximum Gasteiger partial charge on any atom is 0.228 e. The average Bonchev–Trinajstić information content (AvgIpc) is 3.29. The van der Waals surface area contributed by atoms with E-state index in [-0.39, 0.29) is 11.8 Å². The fourth-order valence-electron chi connectivity index (χ4n) is 3.12. The molecule has 1 aliphatic carbocycles. The summed E-state index contributed by atoms with van der Waals surface area (Å²) in [5, 5.41) is 13.3. The highest BCUT2D eigenvalue weighted by Crippen LogP contribution is 2.31. The van der Waals surface area contributed by atoms with Crippen LogP contribution in [-0.4, -0.2) is 16.1 Å². The Kier molecular flexibility index (Phi) is 3.42. The van der Waals surface area contributed by atoms with Crippen LogP contribution >= 0.6 is 11.3 Å². The Morgan fingerprint density at radius 1 is 1.27 bits per heavy atom. The number of hydrogen-bond acceptors (Lipinski definition) is 3. The molecule has 5 heteroatoms. The van der Waals surface area contributed by atoms with Gasteiger partial charge in [0.1, 0.15) is 0 Å². The van der Waals surface area contributed by atoms with Crippen molar-refractivity contribution in [3.63, 3.8) is 0 Å². The molecule has 1 amide bonds. The van der Waals surface area contributed by atoms with E-state index in [4.69, 9.17) is 0 Å². The Labute approximate surface area is 132 Å². The van der Waals surface area contributed by atoms with Crippen LogP contribution in [0.15, 0.2) is 35.7 Å². The third-order valence-corrected chi connectivity index (χ3v) is 5.26. The summed E-state index contributed by atoms with van der Waals surface area (Å²) >= 11 is 1.71. The van der Waals surface area contributed by atoms with E-state index in [1.807, 2.05) is 12.1 Å². The van der Waals surface area contributed by atoms with Crippen LogP contribution in [0.2, 0.25) is 0 Å². The Morgan fingerprint density at radius 2 is 2.14 bits per heavy atom. The number of anilines is 1. The summed E-state index contributed by atoms with van der Waals surface area (Å²) in [4.78, 5) is 13.5. The van der Waals surface area contributed by atoms with Crippen molar-refractivity contribution in [3.05, 3.63) is 35.7 Å². The van der Waals surface area contributed by atoms with Gasteiger partial charge in [0.25, 0.3) is 0 Å². The highest BCUT2D eigenvalue weighted by molar-refractivity contribution is 7.13. The van der Waals surface area contributed by atoms with Gasteiger partial charge in [-0.2, -0.15) is 5.10 Å². The number of thiophene rings is 1. The van der Waals surface area contributed by atoms with Gasteiger partial charge in [-0.25, -0.2) is 0 Å². The molecule has 2 N–H and O–H groups in total. The molecular weight excluding hydrogens is 294 g/mol. The number of aromatic nitrogens is 2. The number of amides is 1. The van der Waals surface area contributed by atoms with E-state index in [2.05, 4.69) is 39.1 Å². The fourth-order valence-corrected chi connectivity index (χ4v) is 3.84. The van der Waals surface area contributed by atoms with Crippen LogP contribution in [0.1, 0.15) is 25.7 Å². The van der Waals surface area contributed by atoms with Crippen molar-refractivity contribution in [2.45, 2.75) is 25.7 Å². The summed E-state index contributed by atoms with van der Waals surface area (Å²) in [7, 11) is 0. The van der Waals surface area contributed by atoms with Crippen LogP contribution in [0.4, 0.5) is 5.82 Å². The van der Waals surface area contributed by atoms with Crippen LogP contribution in [0.3, 0.4) is 0 Å². The van der Waals surface area contributed by atoms with Gasteiger partial charge in [0, 0.05) is 16.2 Å². The second-order valence-corrected chi connectivity index (χ2v) is 6.73. The first-order valence-corrected chi connectivity index (χ1v) is 8.52. The topological polar surface area (TPSA) is 57.8 Å². The second kappa shape index (κ2) is 5.57. The molecule has 0 atom stereocenters. The smallest absolute Gasteiger partial charge is 0.228 e. The standard InChI is InChI=1S/C17H17N3OS/c21-17(11-4-1-2-5-11)18-16-13-8-7-12(10-14(13)19-20-16)15-6-3-9-22-15/h3,6-11H,1-2,4-5H2,(H2,18,19,20,21). The predicted octanol–water partition coefficient (Wildman–Crippen LogP) is 4.42. The van der Waals surface area contributed by atoms with Crippen molar-refractivity contribution >= 4 is 34.0 Å².